The molecule has 0 fully saturated rings. The van der Waals surface area contributed by atoms with Crippen LogP contribution >= 0.6 is 11.3 Å². The summed E-state index contributed by atoms with van der Waals surface area (Å²) in [7, 11) is 0. The fourth-order valence-corrected chi connectivity index (χ4v) is 1.95. The molecular formula is C8H5F2N5OS. The van der Waals surface area contributed by atoms with Gasteiger partial charge in [-0.2, -0.15) is 8.78 Å². The summed E-state index contributed by atoms with van der Waals surface area (Å²) in [5.74, 6) is -0.664. The highest BCUT2D eigenvalue weighted by Crippen LogP contribution is 2.29. The molecule has 0 atom stereocenters. The monoisotopic (exact) mass is 257 g/mol. The van der Waals surface area contributed by atoms with E-state index >= 15 is 0 Å². The molecule has 0 aliphatic carbocycles. The van der Waals surface area contributed by atoms with Crippen molar-refractivity contribution in [3.05, 3.63) is 33.3 Å². The van der Waals surface area contributed by atoms with E-state index in [0.29, 0.717) is 4.88 Å². The largest absolute Gasteiger partial charge is 0.414 e. The second-order valence-corrected chi connectivity index (χ2v) is 4.07. The number of halogens is 2. The Morgan fingerprint density at radius 1 is 1.47 bits per heavy atom. The summed E-state index contributed by atoms with van der Waals surface area (Å²) in [5.41, 5.74) is 8.15. The molecule has 0 aromatic carbocycles. The molecule has 0 saturated carbocycles. The third kappa shape index (κ3) is 2.58. The zero-order valence-corrected chi connectivity index (χ0v) is 9.06. The van der Waals surface area contributed by atoms with Crippen molar-refractivity contribution < 1.29 is 13.2 Å². The van der Waals surface area contributed by atoms with Gasteiger partial charge in [0.15, 0.2) is 0 Å². The summed E-state index contributed by atoms with van der Waals surface area (Å²) in [6.45, 7) is 0.205. The molecule has 88 valence electrons. The van der Waals surface area contributed by atoms with Gasteiger partial charge in [-0.15, -0.1) is 21.5 Å². The van der Waals surface area contributed by atoms with Crippen molar-refractivity contribution in [1.82, 2.24) is 10.2 Å². The maximum atomic E-state index is 12.2. The minimum absolute atomic E-state index is 0.0393. The number of alkyl halides is 2. The Hall–Kier alpha value is -1.99. The lowest BCUT2D eigenvalue weighted by Crippen LogP contribution is -1.81. The van der Waals surface area contributed by atoms with Crippen LogP contribution < -0.4 is 0 Å². The van der Waals surface area contributed by atoms with Crippen LogP contribution in [0.1, 0.15) is 17.2 Å². The molecule has 6 nitrogen and oxygen atoms in total. The summed E-state index contributed by atoms with van der Waals surface area (Å²) in [5, 5.41) is 10.1. The first-order valence-corrected chi connectivity index (χ1v) is 5.24. The Bertz CT molecular complexity index is 560. The first-order valence-electron chi connectivity index (χ1n) is 4.42. The van der Waals surface area contributed by atoms with Gasteiger partial charge in [0.25, 0.3) is 11.8 Å². The van der Waals surface area contributed by atoms with Gasteiger partial charge in [-0.25, -0.2) is 0 Å². The molecule has 2 rings (SSSR count). The second kappa shape index (κ2) is 4.89. The van der Waals surface area contributed by atoms with Gasteiger partial charge in [0.1, 0.15) is 0 Å². The molecule has 0 unspecified atom stereocenters. The first-order chi connectivity index (χ1) is 8.20. The molecule has 0 saturated heterocycles. The Morgan fingerprint density at radius 3 is 2.94 bits per heavy atom. The number of thiophene rings is 1. The summed E-state index contributed by atoms with van der Waals surface area (Å²) in [6, 6.07) is 3.36. The molecule has 9 heteroatoms. The minimum Gasteiger partial charge on any atom is -0.414 e. The number of rotatable bonds is 4. The van der Waals surface area contributed by atoms with Gasteiger partial charge in [0, 0.05) is 9.79 Å². The zero-order chi connectivity index (χ0) is 12.3. The quantitative estimate of drug-likeness (QED) is 0.476. The molecule has 2 aromatic rings. The van der Waals surface area contributed by atoms with Gasteiger partial charge >= 0.3 is 6.43 Å². The van der Waals surface area contributed by atoms with Gasteiger partial charge in [0.05, 0.1) is 11.4 Å². The van der Waals surface area contributed by atoms with Crippen LogP contribution in [0.3, 0.4) is 0 Å². The second-order valence-electron chi connectivity index (χ2n) is 2.90. The van der Waals surface area contributed by atoms with Gasteiger partial charge < -0.3 is 4.42 Å². The molecular weight excluding hydrogens is 252 g/mol. The Kier molecular flexibility index (Phi) is 3.31. The first kappa shape index (κ1) is 11.5. The van der Waals surface area contributed by atoms with E-state index in [1.807, 2.05) is 0 Å². The van der Waals surface area contributed by atoms with Crippen molar-refractivity contribution in [1.29, 1.82) is 0 Å². The van der Waals surface area contributed by atoms with Crippen molar-refractivity contribution in [2.24, 2.45) is 5.11 Å². The average molecular weight is 257 g/mol. The summed E-state index contributed by atoms with van der Waals surface area (Å²) in [4.78, 5) is 3.97. The molecule has 0 amide bonds. The Balaban J connectivity index is 2.21. The van der Waals surface area contributed by atoms with Crippen molar-refractivity contribution in [2.75, 3.05) is 0 Å². The summed E-state index contributed by atoms with van der Waals surface area (Å²) < 4.78 is 29.2. The van der Waals surface area contributed by atoms with E-state index in [1.165, 1.54) is 11.3 Å². The van der Waals surface area contributed by atoms with Gasteiger partial charge in [-0.1, -0.05) is 5.11 Å². The molecule has 2 aromatic heterocycles. The highest BCUT2D eigenvalue weighted by atomic mass is 32.1. The standard InChI is InChI=1S/C8H5F2N5OS/c9-6(10)8-14-13-7(16-8)5-2-1-4(17-5)3-12-15-11/h1-2,6H,3H2. The molecule has 0 spiro atoms. The van der Waals surface area contributed by atoms with Crippen LogP contribution in [-0.2, 0) is 6.54 Å². The predicted octanol–water partition coefficient (Wildman–Crippen LogP) is 3.55. The lowest BCUT2D eigenvalue weighted by Gasteiger charge is -1.88. The fraction of sp³-hybridized carbons (Fsp3) is 0.250. The van der Waals surface area contributed by atoms with Gasteiger partial charge in [-0.05, 0) is 17.7 Å². The Morgan fingerprint density at radius 2 is 2.29 bits per heavy atom. The SMILES string of the molecule is [N-]=[N+]=NCc1ccc(-c2nnc(C(F)F)o2)s1. The van der Waals surface area contributed by atoms with Crippen LogP contribution in [0.2, 0.25) is 0 Å². The topological polar surface area (TPSA) is 87.7 Å². The molecule has 0 aliphatic rings. The molecule has 0 aliphatic heterocycles. The number of hydrogen-bond acceptors (Lipinski definition) is 5. The predicted molar refractivity (Wildman–Crippen MR) is 55.4 cm³/mol. The number of nitrogens with zero attached hydrogens (tertiary/aromatic N) is 5. The fourth-order valence-electron chi connectivity index (χ4n) is 1.10. The van der Waals surface area contributed by atoms with E-state index in [4.69, 9.17) is 9.95 Å². The summed E-state index contributed by atoms with van der Waals surface area (Å²) in [6.07, 6.45) is -2.78. The molecule has 17 heavy (non-hydrogen) atoms. The maximum absolute atomic E-state index is 12.2. The Labute approximate surface area is 97.5 Å². The molecule has 0 bridgehead atoms. The summed E-state index contributed by atoms with van der Waals surface area (Å²) >= 11 is 1.24. The van der Waals surface area contributed by atoms with Crippen molar-refractivity contribution in [2.45, 2.75) is 13.0 Å². The molecule has 0 N–H and O–H groups in total. The van der Waals surface area contributed by atoms with Crippen molar-refractivity contribution in [3.8, 4) is 10.8 Å². The van der Waals surface area contributed by atoms with Crippen LogP contribution in [0.15, 0.2) is 21.7 Å². The van der Waals surface area contributed by atoms with Crippen molar-refractivity contribution >= 4 is 11.3 Å². The highest BCUT2D eigenvalue weighted by Gasteiger charge is 2.17. The van der Waals surface area contributed by atoms with E-state index in [2.05, 4.69) is 20.2 Å². The zero-order valence-electron chi connectivity index (χ0n) is 8.25. The third-order valence-corrected chi connectivity index (χ3v) is 2.85. The number of azide groups is 1. The lowest BCUT2D eigenvalue weighted by atomic mass is 10.4. The number of aromatic nitrogens is 2. The normalized spacial score (nSPS) is 10.5. The van der Waals surface area contributed by atoms with E-state index in [0.717, 1.165) is 4.88 Å². The van der Waals surface area contributed by atoms with Crippen LogP contribution in [0.4, 0.5) is 8.78 Å². The molecule has 2 heterocycles. The average Bonchev–Trinajstić information content (AvgIpc) is 2.94. The van der Waals surface area contributed by atoms with Gasteiger partial charge in [0.2, 0.25) is 0 Å². The van der Waals surface area contributed by atoms with Crippen LogP contribution in [-0.4, -0.2) is 10.2 Å². The maximum Gasteiger partial charge on any atom is 0.314 e. The van der Waals surface area contributed by atoms with E-state index < -0.39 is 12.3 Å². The molecule has 0 radical (unpaired) electrons. The minimum atomic E-state index is -2.78. The van der Waals surface area contributed by atoms with E-state index in [-0.39, 0.29) is 12.4 Å². The highest BCUT2D eigenvalue weighted by molar-refractivity contribution is 7.15. The van der Waals surface area contributed by atoms with E-state index in [9.17, 15) is 8.78 Å². The van der Waals surface area contributed by atoms with Crippen LogP contribution in [0.25, 0.3) is 21.2 Å². The van der Waals surface area contributed by atoms with Gasteiger partial charge in [-0.3, -0.25) is 0 Å². The van der Waals surface area contributed by atoms with Crippen LogP contribution in [0.5, 0.6) is 0 Å². The smallest absolute Gasteiger partial charge is 0.314 e. The van der Waals surface area contributed by atoms with E-state index in [1.54, 1.807) is 12.1 Å². The third-order valence-electron chi connectivity index (χ3n) is 1.79. The van der Waals surface area contributed by atoms with Crippen molar-refractivity contribution in [3.63, 3.8) is 0 Å². The number of hydrogen-bond donors (Lipinski definition) is 0. The lowest BCUT2D eigenvalue weighted by molar-refractivity contribution is 0.116. The van der Waals surface area contributed by atoms with Crippen LogP contribution in [0, 0.1) is 0 Å².